The number of nitrogens with one attached hydrogen (secondary N) is 1. The Hall–Kier alpha value is -0.650. The molecule has 0 aromatic heterocycles. The highest BCUT2D eigenvalue weighted by Gasteiger charge is 2.29. The molecule has 1 N–H and O–H groups in total. The molecule has 20 heavy (non-hydrogen) atoms. The standard InChI is InChI=1S/C15H28N4O/c20-15(19-9-2-5-16-6-11-19)13-17-7-3-10-18-8-1-4-14(18)12-17/h14,16H,1-13H2. The van der Waals surface area contributed by atoms with Crippen molar-refractivity contribution in [2.24, 2.45) is 0 Å². The van der Waals surface area contributed by atoms with E-state index in [4.69, 9.17) is 0 Å². The Bertz CT molecular complexity index is 328. The van der Waals surface area contributed by atoms with Crippen LogP contribution in [0, 0.1) is 0 Å². The lowest BCUT2D eigenvalue weighted by atomic mass is 10.2. The zero-order valence-electron chi connectivity index (χ0n) is 12.5. The number of carbonyl (C=O) groups is 1. The molecular formula is C15H28N4O. The van der Waals surface area contributed by atoms with Crippen LogP contribution >= 0.6 is 0 Å². The van der Waals surface area contributed by atoms with Gasteiger partial charge in [-0.2, -0.15) is 0 Å². The van der Waals surface area contributed by atoms with Crippen LogP contribution in [0.15, 0.2) is 0 Å². The molecule has 1 unspecified atom stereocenters. The van der Waals surface area contributed by atoms with Gasteiger partial charge >= 0.3 is 0 Å². The van der Waals surface area contributed by atoms with E-state index >= 15 is 0 Å². The molecule has 5 heteroatoms. The zero-order valence-corrected chi connectivity index (χ0v) is 12.5. The second kappa shape index (κ2) is 6.87. The van der Waals surface area contributed by atoms with Gasteiger partial charge in [-0.3, -0.25) is 14.6 Å². The van der Waals surface area contributed by atoms with E-state index in [0.717, 1.165) is 45.7 Å². The molecule has 0 saturated carbocycles. The summed E-state index contributed by atoms with van der Waals surface area (Å²) in [4.78, 5) is 19.5. The molecule has 3 aliphatic rings. The lowest BCUT2D eigenvalue weighted by Crippen LogP contribution is -2.44. The minimum absolute atomic E-state index is 0.333. The number of hydrogen-bond donors (Lipinski definition) is 1. The third kappa shape index (κ3) is 3.51. The number of carbonyl (C=O) groups excluding carboxylic acids is 1. The summed E-state index contributed by atoms with van der Waals surface area (Å²) in [6.07, 6.45) is 4.95. The first kappa shape index (κ1) is 14.3. The van der Waals surface area contributed by atoms with E-state index in [1.165, 1.54) is 32.4 Å². The monoisotopic (exact) mass is 280 g/mol. The topological polar surface area (TPSA) is 38.8 Å². The van der Waals surface area contributed by atoms with Crippen molar-refractivity contribution < 1.29 is 4.79 Å². The first-order valence-electron chi connectivity index (χ1n) is 8.28. The third-order valence-electron chi connectivity index (χ3n) is 4.94. The second-order valence-corrected chi connectivity index (χ2v) is 6.41. The average Bonchev–Trinajstić information content (AvgIpc) is 2.68. The van der Waals surface area contributed by atoms with Crippen LogP contribution in [0.3, 0.4) is 0 Å². The van der Waals surface area contributed by atoms with Crippen LogP contribution in [-0.2, 0) is 4.79 Å². The predicted octanol–water partition coefficient (Wildman–Crippen LogP) is -0.0216. The number of hydrogen-bond acceptors (Lipinski definition) is 4. The molecule has 0 bridgehead atoms. The molecule has 114 valence electrons. The first-order valence-corrected chi connectivity index (χ1v) is 8.28. The molecule has 3 aliphatic heterocycles. The minimum Gasteiger partial charge on any atom is -0.340 e. The summed E-state index contributed by atoms with van der Waals surface area (Å²) in [6, 6.07) is 0.705. The molecule has 0 aromatic carbocycles. The second-order valence-electron chi connectivity index (χ2n) is 6.41. The van der Waals surface area contributed by atoms with Gasteiger partial charge in [-0.25, -0.2) is 0 Å². The van der Waals surface area contributed by atoms with Crippen molar-refractivity contribution >= 4 is 5.91 Å². The molecule has 0 aromatic rings. The van der Waals surface area contributed by atoms with Gasteiger partial charge in [0.25, 0.3) is 0 Å². The van der Waals surface area contributed by atoms with Crippen LogP contribution in [0.5, 0.6) is 0 Å². The van der Waals surface area contributed by atoms with E-state index in [2.05, 4.69) is 20.0 Å². The molecular weight excluding hydrogens is 252 g/mol. The SMILES string of the molecule is O=C(CN1CCCN2CCCC2C1)N1CCCNCC1. The van der Waals surface area contributed by atoms with Crippen molar-refractivity contribution in [2.75, 3.05) is 58.9 Å². The van der Waals surface area contributed by atoms with Gasteiger partial charge in [-0.05, 0) is 51.9 Å². The molecule has 3 rings (SSSR count). The summed E-state index contributed by atoms with van der Waals surface area (Å²) >= 11 is 0. The minimum atomic E-state index is 0.333. The summed E-state index contributed by atoms with van der Waals surface area (Å²) in [7, 11) is 0. The highest BCUT2D eigenvalue weighted by molar-refractivity contribution is 5.78. The largest absolute Gasteiger partial charge is 0.340 e. The summed E-state index contributed by atoms with van der Waals surface area (Å²) < 4.78 is 0. The van der Waals surface area contributed by atoms with E-state index in [0.29, 0.717) is 18.5 Å². The van der Waals surface area contributed by atoms with Gasteiger partial charge in [0.05, 0.1) is 6.54 Å². The highest BCUT2D eigenvalue weighted by Crippen LogP contribution is 2.21. The number of rotatable bonds is 2. The maximum absolute atomic E-state index is 12.5. The quantitative estimate of drug-likeness (QED) is 0.771. The number of amides is 1. The van der Waals surface area contributed by atoms with E-state index in [9.17, 15) is 4.79 Å². The fraction of sp³-hybridized carbons (Fsp3) is 0.933. The maximum Gasteiger partial charge on any atom is 0.236 e. The average molecular weight is 280 g/mol. The lowest BCUT2D eigenvalue weighted by molar-refractivity contribution is -0.132. The van der Waals surface area contributed by atoms with Gasteiger partial charge in [-0.1, -0.05) is 0 Å². The normalized spacial score (nSPS) is 29.8. The number of nitrogens with zero attached hydrogens (tertiary/aromatic N) is 3. The van der Waals surface area contributed by atoms with Crippen LogP contribution in [0.2, 0.25) is 0 Å². The van der Waals surface area contributed by atoms with Crippen molar-refractivity contribution in [3.63, 3.8) is 0 Å². The highest BCUT2D eigenvalue weighted by atomic mass is 16.2. The van der Waals surface area contributed by atoms with Gasteiger partial charge < -0.3 is 10.2 Å². The Morgan fingerprint density at radius 2 is 1.90 bits per heavy atom. The van der Waals surface area contributed by atoms with Crippen molar-refractivity contribution in [1.82, 2.24) is 20.0 Å². The Morgan fingerprint density at radius 1 is 1.00 bits per heavy atom. The number of fused-ring (bicyclic) bond motifs is 1. The Morgan fingerprint density at radius 3 is 2.85 bits per heavy atom. The lowest BCUT2D eigenvalue weighted by Gasteiger charge is -2.27. The Balaban J connectivity index is 1.52. The molecule has 1 atom stereocenters. The first-order chi connectivity index (χ1) is 9.83. The van der Waals surface area contributed by atoms with Crippen molar-refractivity contribution in [3.05, 3.63) is 0 Å². The molecule has 0 aliphatic carbocycles. The predicted molar refractivity (Wildman–Crippen MR) is 79.7 cm³/mol. The summed E-state index contributed by atoms with van der Waals surface area (Å²) in [5.41, 5.74) is 0. The Labute approximate surface area is 122 Å². The van der Waals surface area contributed by atoms with Gasteiger partial charge in [-0.15, -0.1) is 0 Å². The maximum atomic E-state index is 12.5. The third-order valence-corrected chi connectivity index (χ3v) is 4.94. The van der Waals surface area contributed by atoms with Gasteiger partial charge in [0.2, 0.25) is 5.91 Å². The van der Waals surface area contributed by atoms with Crippen LogP contribution in [0.1, 0.15) is 25.7 Å². The molecule has 1 amide bonds. The van der Waals surface area contributed by atoms with Gasteiger partial charge in [0.15, 0.2) is 0 Å². The van der Waals surface area contributed by atoms with Crippen molar-refractivity contribution in [2.45, 2.75) is 31.7 Å². The van der Waals surface area contributed by atoms with Crippen LogP contribution < -0.4 is 5.32 Å². The summed E-state index contributed by atoms with van der Waals surface area (Å²) in [5, 5.41) is 3.36. The molecule has 3 heterocycles. The van der Waals surface area contributed by atoms with Crippen molar-refractivity contribution in [3.8, 4) is 0 Å². The van der Waals surface area contributed by atoms with E-state index in [-0.39, 0.29) is 0 Å². The smallest absolute Gasteiger partial charge is 0.236 e. The Kier molecular flexibility index (Phi) is 4.91. The molecule has 3 fully saturated rings. The van der Waals surface area contributed by atoms with Crippen LogP contribution in [0.25, 0.3) is 0 Å². The fourth-order valence-corrected chi connectivity index (χ4v) is 3.81. The van der Waals surface area contributed by atoms with Crippen molar-refractivity contribution in [1.29, 1.82) is 0 Å². The van der Waals surface area contributed by atoms with E-state index in [1.54, 1.807) is 0 Å². The molecule has 5 nitrogen and oxygen atoms in total. The molecule has 0 spiro atoms. The molecule has 0 radical (unpaired) electrons. The zero-order chi connectivity index (χ0) is 13.8. The van der Waals surface area contributed by atoms with Crippen LogP contribution in [0.4, 0.5) is 0 Å². The van der Waals surface area contributed by atoms with Crippen LogP contribution in [-0.4, -0.2) is 85.6 Å². The van der Waals surface area contributed by atoms with E-state index in [1.807, 2.05) is 0 Å². The van der Waals surface area contributed by atoms with Gasteiger partial charge in [0, 0.05) is 32.2 Å². The summed E-state index contributed by atoms with van der Waals surface area (Å²) in [5.74, 6) is 0.333. The van der Waals surface area contributed by atoms with E-state index < -0.39 is 0 Å². The summed E-state index contributed by atoms with van der Waals surface area (Å²) in [6.45, 7) is 9.10. The van der Waals surface area contributed by atoms with Gasteiger partial charge in [0.1, 0.15) is 0 Å². The molecule has 3 saturated heterocycles. The fourth-order valence-electron chi connectivity index (χ4n) is 3.81.